The Morgan fingerprint density at radius 3 is 2.76 bits per heavy atom. The summed E-state index contributed by atoms with van der Waals surface area (Å²) in [7, 11) is -3.76. The van der Waals surface area contributed by atoms with Crippen LogP contribution in [0.3, 0.4) is 0 Å². The molecular weight excluding hydrogens is 395 g/mol. The van der Waals surface area contributed by atoms with Crippen molar-refractivity contribution in [3.05, 3.63) is 66.4 Å². The molecule has 1 fully saturated rings. The number of imidazole rings is 1. The highest BCUT2D eigenvalue weighted by atomic mass is 32.2. The average Bonchev–Trinajstić information content (AvgIpc) is 3.15. The van der Waals surface area contributed by atoms with Crippen LogP contribution < -0.4 is 5.32 Å². The van der Waals surface area contributed by atoms with Crippen LogP contribution in [0.2, 0.25) is 0 Å². The van der Waals surface area contributed by atoms with E-state index in [-0.39, 0.29) is 23.9 Å². The van der Waals surface area contributed by atoms with Crippen molar-refractivity contribution in [3.8, 4) is 0 Å². The third kappa shape index (κ3) is 4.15. The van der Waals surface area contributed by atoms with Gasteiger partial charge in [0.2, 0.25) is 15.9 Å². The molecule has 1 amide bonds. The summed E-state index contributed by atoms with van der Waals surface area (Å²) in [6.07, 6.45) is 4.94. The second-order valence-electron chi connectivity index (χ2n) is 7.07. The molecule has 3 heterocycles. The topological polar surface area (TPSA) is 83.8 Å². The first kappa shape index (κ1) is 19.5. The number of nitrogens with zero attached hydrogens (tertiary/aromatic N) is 3. The number of piperidine rings is 1. The number of pyridine rings is 1. The van der Waals surface area contributed by atoms with Gasteiger partial charge in [-0.25, -0.2) is 17.8 Å². The van der Waals surface area contributed by atoms with E-state index in [1.807, 2.05) is 35.0 Å². The SMILES string of the molecule is O=C(NCc1cn2ccccc2n1)[C@@H]1CCCN(S(=O)(=O)c2ccc(F)cc2)C1. The van der Waals surface area contributed by atoms with Crippen molar-refractivity contribution in [3.63, 3.8) is 0 Å². The lowest BCUT2D eigenvalue weighted by molar-refractivity contribution is -0.126. The maximum atomic E-state index is 13.1. The number of halogens is 1. The molecule has 0 radical (unpaired) electrons. The first-order valence-corrected chi connectivity index (χ1v) is 10.8. The minimum Gasteiger partial charge on any atom is -0.350 e. The first-order valence-electron chi connectivity index (χ1n) is 9.39. The fraction of sp³-hybridized carbons (Fsp3) is 0.300. The van der Waals surface area contributed by atoms with Crippen LogP contribution in [0.25, 0.3) is 5.65 Å². The highest BCUT2D eigenvalue weighted by molar-refractivity contribution is 7.89. The van der Waals surface area contributed by atoms with E-state index in [1.54, 1.807) is 0 Å². The molecule has 7 nitrogen and oxygen atoms in total. The molecule has 0 aliphatic carbocycles. The number of carbonyl (C=O) groups excluding carboxylic acids is 1. The van der Waals surface area contributed by atoms with Crippen molar-refractivity contribution in [2.45, 2.75) is 24.3 Å². The molecule has 0 unspecified atom stereocenters. The summed E-state index contributed by atoms with van der Waals surface area (Å²) in [5, 5.41) is 2.86. The normalized spacial score (nSPS) is 18.0. The van der Waals surface area contributed by atoms with Gasteiger partial charge in [0.15, 0.2) is 0 Å². The largest absolute Gasteiger partial charge is 0.350 e. The van der Waals surface area contributed by atoms with Crippen molar-refractivity contribution in [2.75, 3.05) is 13.1 Å². The maximum Gasteiger partial charge on any atom is 0.243 e. The molecular formula is C20H21FN4O3S. The fourth-order valence-corrected chi connectivity index (χ4v) is 5.05. The highest BCUT2D eigenvalue weighted by Crippen LogP contribution is 2.24. The molecule has 0 saturated carbocycles. The van der Waals surface area contributed by atoms with Crippen LogP contribution in [0.4, 0.5) is 4.39 Å². The smallest absolute Gasteiger partial charge is 0.243 e. The van der Waals surface area contributed by atoms with Gasteiger partial charge in [-0.3, -0.25) is 4.79 Å². The zero-order valence-electron chi connectivity index (χ0n) is 15.7. The van der Waals surface area contributed by atoms with Crippen LogP contribution in [-0.4, -0.2) is 41.1 Å². The molecule has 1 saturated heterocycles. The van der Waals surface area contributed by atoms with Gasteiger partial charge in [0.1, 0.15) is 11.5 Å². The molecule has 0 spiro atoms. The number of nitrogens with one attached hydrogen (secondary N) is 1. The minimum atomic E-state index is -3.76. The second-order valence-corrected chi connectivity index (χ2v) is 9.01. The van der Waals surface area contributed by atoms with E-state index < -0.39 is 21.8 Å². The van der Waals surface area contributed by atoms with Crippen molar-refractivity contribution in [1.29, 1.82) is 0 Å². The summed E-state index contributed by atoms with van der Waals surface area (Å²) in [6, 6.07) is 10.4. The Kier molecular flexibility index (Phi) is 5.33. The first-order chi connectivity index (χ1) is 13.9. The Balaban J connectivity index is 1.40. The number of benzene rings is 1. The summed E-state index contributed by atoms with van der Waals surface area (Å²) in [4.78, 5) is 17.1. The molecule has 2 aromatic heterocycles. The molecule has 0 bridgehead atoms. The van der Waals surface area contributed by atoms with E-state index in [1.165, 1.54) is 16.4 Å². The quantitative estimate of drug-likeness (QED) is 0.691. The van der Waals surface area contributed by atoms with Crippen LogP contribution in [-0.2, 0) is 21.4 Å². The third-order valence-electron chi connectivity index (χ3n) is 5.06. The van der Waals surface area contributed by atoms with Gasteiger partial charge in [-0.1, -0.05) is 6.07 Å². The lowest BCUT2D eigenvalue weighted by Crippen LogP contribution is -2.45. The van der Waals surface area contributed by atoms with Gasteiger partial charge in [-0.2, -0.15) is 4.31 Å². The van der Waals surface area contributed by atoms with Crippen LogP contribution in [0.1, 0.15) is 18.5 Å². The monoisotopic (exact) mass is 416 g/mol. The standard InChI is InChI=1S/C20H21FN4O3S/c21-16-6-8-18(9-7-16)29(27,28)25-11-3-4-15(13-25)20(26)22-12-17-14-24-10-2-1-5-19(24)23-17/h1-2,5-10,14-15H,3-4,11-13H2,(H,22,26)/t15-/m1/s1. The summed E-state index contributed by atoms with van der Waals surface area (Å²) in [5.41, 5.74) is 1.53. The molecule has 3 aromatic rings. The maximum absolute atomic E-state index is 13.1. The van der Waals surface area contributed by atoms with Crippen molar-refractivity contribution in [1.82, 2.24) is 19.0 Å². The predicted molar refractivity (Wildman–Crippen MR) is 105 cm³/mol. The molecule has 9 heteroatoms. The van der Waals surface area contributed by atoms with E-state index in [9.17, 15) is 17.6 Å². The molecule has 29 heavy (non-hydrogen) atoms. The van der Waals surface area contributed by atoms with Gasteiger partial charge in [-0.05, 0) is 49.2 Å². The molecule has 152 valence electrons. The molecule has 1 aliphatic rings. The summed E-state index contributed by atoms with van der Waals surface area (Å²) in [6.45, 7) is 0.731. The van der Waals surface area contributed by atoms with Crippen molar-refractivity contribution < 1.29 is 17.6 Å². The Bertz CT molecular complexity index is 1100. The van der Waals surface area contributed by atoms with Crippen LogP contribution in [0, 0.1) is 11.7 Å². The number of fused-ring (bicyclic) bond motifs is 1. The van der Waals surface area contributed by atoms with Gasteiger partial charge >= 0.3 is 0 Å². The molecule has 1 aliphatic heterocycles. The van der Waals surface area contributed by atoms with E-state index >= 15 is 0 Å². The van der Waals surface area contributed by atoms with Crippen LogP contribution in [0.5, 0.6) is 0 Å². The lowest BCUT2D eigenvalue weighted by Gasteiger charge is -2.31. The van der Waals surface area contributed by atoms with Crippen LogP contribution in [0.15, 0.2) is 59.8 Å². The Hall–Kier alpha value is -2.78. The van der Waals surface area contributed by atoms with Crippen molar-refractivity contribution in [2.24, 2.45) is 5.92 Å². The number of amides is 1. The summed E-state index contributed by atoms with van der Waals surface area (Å²) >= 11 is 0. The zero-order valence-corrected chi connectivity index (χ0v) is 16.5. The van der Waals surface area contributed by atoms with Gasteiger partial charge in [0, 0.05) is 25.5 Å². The number of rotatable bonds is 5. The van der Waals surface area contributed by atoms with Crippen LogP contribution >= 0.6 is 0 Å². The molecule has 1 aromatic carbocycles. The number of sulfonamides is 1. The Labute approximate surface area is 168 Å². The van der Waals surface area contributed by atoms with E-state index in [4.69, 9.17) is 0 Å². The number of aromatic nitrogens is 2. The summed E-state index contributed by atoms with van der Waals surface area (Å²) < 4.78 is 41.9. The molecule has 1 N–H and O–H groups in total. The number of hydrogen-bond donors (Lipinski definition) is 1. The van der Waals surface area contributed by atoms with E-state index in [0.29, 0.717) is 19.4 Å². The second kappa shape index (κ2) is 7.92. The Morgan fingerprint density at radius 1 is 1.21 bits per heavy atom. The third-order valence-corrected chi connectivity index (χ3v) is 6.94. The number of carbonyl (C=O) groups is 1. The zero-order chi connectivity index (χ0) is 20.4. The molecule has 4 rings (SSSR count). The van der Waals surface area contributed by atoms with Gasteiger partial charge in [-0.15, -0.1) is 0 Å². The number of hydrogen-bond acceptors (Lipinski definition) is 4. The summed E-state index contributed by atoms with van der Waals surface area (Å²) in [5.74, 6) is -1.12. The van der Waals surface area contributed by atoms with Gasteiger partial charge < -0.3 is 9.72 Å². The Morgan fingerprint density at radius 2 is 2.00 bits per heavy atom. The van der Waals surface area contributed by atoms with Gasteiger partial charge in [0.05, 0.1) is 23.1 Å². The predicted octanol–water partition coefficient (Wildman–Crippen LogP) is 2.19. The van der Waals surface area contributed by atoms with Crippen molar-refractivity contribution >= 4 is 21.6 Å². The molecule has 1 atom stereocenters. The van der Waals surface area contributed by atoms with E-state index in [0.717, 1.165) is 23.5 Å². The lowest BCUT2D eigenvalue weighted by atomic mass is 9.99. The highest BCUT2D eigenvalue weighted by Gasteiger charge is 2.33. The minimum absolute atomic E-state index is 0.0321. The van der Waals surface area contributed by atoms with E-state index in [2.05, 4.69) is 10.3 Å². The van der Waals surface area contributed by atoms with Gasteiger partial charge in [0.25, 0.3) is 0 Å². The fourth-order valence-electron chi connectivity index (χ4n) is 3.52. The average molecular weight is 416 g/mol.